The second-order valence-corrected chi connectivity index (χ2v) is 10.2. The standard InChI is InChI=1S/C27H32N4O8/c1-4-5-8-29-11-16(32)30-15-7-6-12-9-13-10-14-20(31(2)3)23(35)19(26(28)38)25(37)27(14,39)24(36)18(13)22(34)17(12)21(15)33/h4-7,13-14,20,29,33-34,37,39H,8-11H2,1-3H3,(H2,28,38)(H,30,32)/t13?,14?,20-,27?/m0/s1. The fourth-order valence-electron chi connectivity index (χ4n) is 5.90. The number of fused-ring (bicyclic) bond motifs is 3. The number of primary amides is 1. The second-order valence-electron chi connectivity index (χ2n) is 10.2. The Bertz CT molecular complexity index is 1360. The zero-order chi connectivity index (χ0) is 28.8. The summed E-state index contributed by atoms with van der Waals surface area (Å²) in [7, 11) is 3.08. The van der Waals surface area contributed by atoms with Crippen LogP contribution in [0.1, 0.15) is 24.5 Å². The van der Waals surface area contributed by atoms with E-state index < -0.39 is 69.7 Å². The number of anilines is 1. The highest BCUT2D eigenvalue weighted by Gasteiger charge is 2.64. The van der Waals surface area contributed by atoms with Crippen molar-refractivity contribution in [1.29, 1.82) is 0 Å². The molecule has 12 heteroatoms. The molecule has 1 aromatic rings. The first-order valence-electron chi connectivity index (χ1n) is 12.5. The number of Topliss-reactive ketones (excluding diaryl/α,β-unsaturated/α-hetero) is 2. The van der Waals surface area contributed by atoms with Crippen molar-refractivity contribution in [1.82, 2.24) is 10.2 Å². The van der Waals surface area contributed by atoms with Crippen LogP contribution in [-0.4, -0.2) is 87.5 Å². The van der Waals surface area contributed by atoms with E-state index in [1.54, 1.807) is 6.07 Å². The summed E-state index contributed by atoms with van der Waals surface area (Å²) in [5.74, 6) is -7.68. The molecule has 0 heterocycles. The van der Waals surface area contributed by atoms with Crippen molar-refractivity contribution in [3.05, 3.63) is 52.3 Å². The van der Waals surface area contributed by atoms with Gasteiger partial charge in [0.1, 0.15) is 22.8 Å². The van der Waals surface area contributed by atoms with Gasteiger partial charge in [-0.3, -0.25) is 24.1 Å². The van der Waals surface area contributed by atoms with E-state index >= 15 is 0 Å². The molecule has 3 aliphatic rings. The van der Waals surface area contributed by atoms with Gasteiger partial charge in [0, 0.05) is 18.0 Å². The highest BCUT2D eigenvalue weighted by Crippen LogP contribution is 2.53. The van der Waals surface area contributed by atoms with Gasteiger partial charge in [0.15, 0.2) is 11.4 Å². The van der Waals surface area contributed by atoms with Crippen molar-refractivity contribution < 1.29 is 39.6 Å². The summed E-state index contributed by atoms with van der Waals surface area (Å²) in [4.78, 5) is 52.7. The van der Waals surface area contributed by atoms with Gasteiger partial charge in [-0.2, -0.15) is 0 Å². The van der Waals surface area contributed by atoms with Crippen molar-refractivity contribution in [3.8, 4) is 5.75 Å². The minimum absolute atomic E-state index is 0.00286. The van der Waals surface area contributed by atoms with Crippen molar-refractivity contribution in [2.24, 2.45) is 17.6 Å². The predicted molar refractivity (Wildman–Crippen MR) is 141 cm³/mol. The lowest BCUT2D eigenvalue weighted by Gasteiger charge is -2.50. The number of nitrogens with two attached hydrogens (primary N) is 1. The fraction of sp³-hybridized carbons (Fsp3) is 0.407. The molecule has 1 fully saturated rings. The zero-order valence-corrected chi connectivity index (χ0v) is 21.8. The Hall–Kier alpha value is -4.00. The average molecular weight is 541 g/mol. The van der Waals surface area contributed by atoms with Crippen molar-refractivity contribution in [2.75, 3.05) is 32.5 Å². The van der Waals surface area contributed by atoms with Crippen LogP contribution >= 0.6 is 0 Å². The Balaban J connectivity index is 1.77. The lowest BCUT2D eigenvalue weighted by atomic mass is 9.57. The number of hydrogen-bond donors (Lipinski definition) is 7. The van der Waals surface area contributed by atoms with Gasteiger partial charge in [-0.15, -0.1) is 0 Å². The van der Waals surface area contributed by atoms with Crippen LogP contribution in [0.3, 0.4) is 0 Å². The van der Waals surface area contributed by atoms with Gasteiger partial charge in [0.05, 0.1) is 23.8 Å². The number of aliphatic hydroxyl groups excluding tert-OH is 2. The zero-order valence-electron chi connectivity index (χ0n) is 21.8. The summed E-state index contributed by atoms with van der Waals surface area (Å²) in [5.41, 5.74) is 1.90. The van der Waals surface area contributed by atoms with Gasteiger partial charge in [0.2, 0.25) is 11.7 Å². The maximum Gasteiger partial charge on any atom is 0.255 e. The predicted octanol–water partition coefficient (Wildman–Crippen LogP) is 0.0682. The molecule has 3 aliphatic carbocycles. The third-order valence-corrected chi connectivity index (χ3v) is 7.65. The number of phenolic OH excluding ortho intramolecular Hbond substituents is 1. The number of amides is 2. The molecule has 208 valence electrons. The molecule has 0 aliphatic heterocycles. The highest BCUT2D eigenvalue weighted by molar-refractivity contribution is 6.24. The van der Waals surface area contributed by atoms with E-state index in [0.717, 1.165) is 0 Å². The number of aliphatic hydroxyl groups is 3. The first-order chi connectivity index (χ1) is 18.4. The molecule has 3 unspecified atom stereocenters. The normalized spacial score (nSPS) is 26.5. The Kier molecular flexibility index (Phi) is 7.39. The molecule has 4 atom stereocenters. The molecule has 12 nitrogen and oxygen atoms in total. The van der Waals surface area contributed by atoms with E-state index in [2.05, 4.69) is 10.6 Å². The van der Waals surface area contributed by atoms with Gasteiger partial charge in [0.25, 0.3) is 5.91 Å². The maximum atomic E-state index is 13.8. The van der Waals surface area contributed by atoms with E-state index in [9.17, 15) is 39.6 Å². The number of carbonyl (C=O) groups is 4. The number of allylic oxidation sites excluding steroid dienone is 1. The highest BCUT2D eigenvalue weighted by atomic mass is 16.3. The second kappa shape index (κ2) is 10.3. The number of benzene rings is 1. The van der Waals surface area contributed by atoms with Crippen molar-refractivity contribution in [2.45, 2.75) is 31.4 Å². The average Bonchev–Trinajstić information content (AvgIpc) is 2.85. The first kappa shape index (κ1) is 28.0. The van der Waals surface area contributed by atoms with Crippen LogP contribution in [-0.2, 0) is 25.6 Å². The molecular weight excluding hydrogens is 508 g/mol. The molecular formula is C27H32N4O8. The number of nitrogens with zero attached hydrogens (tertiary/aromatic N) is 1. The van der Waals surface area contributed by atoms with Crippen molar-refractivity contribution in [3.63, 3.8) is 0 Å². The number of likely N-dealkylation sites (N-methyl/N-ethyl adjacent to an activating group) is 1. The Labute approximate surface area is 224 Å². The Morgan fingerprint density at radius 3 is 2.51 bits per heavy atom. The van der Waals surface area contributed by atoms with Crippen LogP contribution in [0.15, 0.2) is 41.2 Å². The molecule has 2 amide bonds. The first-order valence-corrected chi connectivity index (χ1v) is 12.5. The molecule has 0 spiro atoms. The summed E-state index contributed by atoms with van der Waals surface area (Å²) >= 11 is 0. The smallest absolute Gasteiger partial charge is 0.255 e. The van der Waals surface area contributed by atoms with Crippen LogP contribution in [0.5, 0.6) is 5.75 Å². The van der Waals surface area contributed by atoms with Gasteiger partial charge in [-0.25, -0.2) is 0 Å². The van der Waals surface area contributed by atoms with Gasteiger partial charge >= 0.3 is 0 Å². The molecule has 0 radical (unpaired) electrons. The fourth-order valence-corrected chi connectivity index (χ4v) is 5.90. The third kappa shape index (κ3) is 4.40. The van der Waals surface area contributed by atoms with Crippen LogP contribution in [0.25, 0.3) is 5.76 Å². The topological polar surface area (TPSA) is 203 Å². The number of aromatic hydroxyl groups is 1. The summed E-state index contributed by atoms with van der Waals surface area (Å²) in [6.07, 6.45) is 3.82. The molecule has 0 bridgehead atoms. The third-order valence-electron chi connectivity index (χ3n) is 7.65. The number of carbonyl (C=O) groups excluding carboxylic acids is 4. The van der Waals surface area contributed by atoms with E-state index in [1.807, 2.05) is 19.1 Å². The molecule has 0 aromatic heterocycles. The van der Waals surface area contributed by atoms with Gasteiger partial charge < -0.3 is 36.8 Å². The SMILES string of the molecule is CC=CCNCC(=O)Nc1ccc2c(c1O)C(O)=C1C(=O)C3(O)C(O)=C(C(N)=O)C(=O)[C@@H](N(C)C)C3CC1C2. The Morgan fingerprint density at radius 1 is 1.21 bits per heavy atom. The Morgan fingerprint density at radius 2 is 1.90 bits per heavy atom. The van der Waals surface area contributed by atoms with Crippen molar-refractivity contribution >= 4 is 34.8 Å². The largest absolute Gasteiger partial charge is 0.508 e. The molecule has 4 rings (SSSR count). The number of ketones is 2. The molecule has 0 saturated heterocycles. The quantitative estimate of drug-likeness (QED) is 0.107. The van der Waals surface area contributed by atoms with Crippen LogP contribution in [0.4, 0.5) is 5.69 Å². The molecule has 1 aromatic carbocycles. The summed E-state index contributed by atoms with van der Waals surface area (Å²) in [5, 5.41) is 50.2. The van der Waals surface area contributed by atoms with Gasteiger partial charge in [-0.05, 0) is 51.4 Å². The number of nitrogens with one attached hydrogen (secondary N) is 2. The molecule has 8 N–H and O–H groups in total. The minimum Gasteiger partial charge on any atom is -0.508 e. The summed E-state index contributed by atoms with van der Waals surface area (Å²) in [6, 6.07) is 1.95. The summed E-state index contributed by atoms with van der Waals surface area (Å²) in [6.45, 7) is 2.28. The number of rotatable bonds is 7. The minimum atomic E-state index is -2.70. The lowest BCUT2D eigenvalue weighted by molar-refractivity contribution is -0.153. The maximum absolute atomic E-state index is 13.8. The lowest BCUT2D eigenvalue weighted by Crippen LogP contribution is -2.65. The molecule has 39 heavy (non-hydrogen) atoms. The van der Waals surface area contributed by atoms with E-state index in [-0.39, 0.29) is 36.2 Å². The monoisotopic (exact) mass is 540 g/mol. The van der Waals surface area contributed by atoms with Gasteiger partial charge in [-0.1, -0.05) is 18.2 Å². The van der Waals surface area contributed by atoms with E-state index in [0.29, 0.717) is 12.1 Å². The van der Waals surface area contributed by atoms with Crippen LogP contribution in [0.2, 0.25) is 0 Å². The van der Waals surface area contributed by atoms with Crippen LogP contribution in [0, 0.1) is 11.8 Å². The number of phenols is 1. The van der Waals surface area contributed by atoms with E-state index in [4.69, 9.17) is 5.73 Å². The van der Waals surface area contributed by atoms with E-state index in [1.165, 1.54) is 25.1 Å². The molecule has 1 saturated carbocycles. The summed E-state index contributed by atoms with van der Waals surface area (Å²) < 4.78 is 0. The number of hydrogen-bond acceptors (Lipinski definition) is 10. The van der Waals surface area contributed by atoms with Crippen LogP contribution < -0.4 is 16.4 Å².